The highest BCUT2D eigenvalue weighted by Gasteiger charge is 2.37. The fraction of sp³-hybridized carbons (Fsp3) is 0.208. The van der Waals surface area contributed by atoms with Crippen LogP contribution in [0.15, 0.2) is 77.7 Å². The summed E-state index contributed by atoms with van der Waals surface area (Å²) in [6.07, 6.45) is 0.286. The number of carboxylic acid groups (broad SMARTS) is 1. The molecule has 1 unspecified atom stereocenters. The number of anilines is 1. The molecule has 0 radical (unpaired) electrons. The van der Waals surface area contributed by atoms with Gasteiger partial charge in [0, 0.05) is 24.9 Å². The van der Waals surface area contributed by atoms with Gasteiger partial charge in [0.25, 0.3) is 10.0 Å². The van der Waals surface area contributed by atoms with Crippen LogP contribution in [0.1, 0.15) is 24.3 Å². The number of hydrogen-bond donors (Lipinski definition) is 1. The summed E-state index contributed by atoms with van der Waals surface area (Å²) in [5, 5.41) is 9.11. The van der Waals surface area contributed by atoms with Crippen LogP contribution >= 0.6 is 0 Å². The number of benzene rings is 3. The summed E-state index contributed by atoms with van der Waals surface area (Å²) in [6.45, 7) is 0.169. The minimum atomic E-state index is -3.89. The van der Waals surface area contributed by atoms with Crippen LogP contribution in [0.2, 0.25) is 0 Å². The van der Waals surface area contributed by atoms with E-state index in [1.807, 2.05) is 18.2 Å². The molecule has 0 aliphatic carbocycles. The molecule has 166 valence electrons. The number of carbonyl (C=O) groups is 1. The first kappa shape index (κ1) is 21.7. The molecular weight excluding hydrogens is 430 g/mol. The number of methoxy groups -OCH3 is 1. The zero-order valence-electron chi connectivity index (χ0n) is 17.5. The predicted molar refractivity (Wildman–Crippen MR) is 120 cm³/mol. The second-order valence-corrected chi connectivity index (χ2v) is 9.34. The Morgan fingerprint density at radius 3 is 2.47 bits per heavy atom. The first-order valence-corrected chi connectivity index (χ1v) is 11.6. The third-order valence-electron chi connectivity index (χ3n) is 5.41. The topological polar surface area (TPSA) is 93.1 Å². The van der Waals surface area contributed by atoms with Crippen LogP contribution in [-0.2, 0) is 14.8 Å². The highest BCUT2D eigenvalue weighted by Crippen LogP contribution is 2.43. The van der Waals surface area contributed by atoms with E-state index >= 15 is 0 Å². The summed E-state index contributed by atoms with van der Waals surface area (Å²) in [6, 6.07) is 20.7. The molecule has 0 aromatic heterocycles. The van der Waals surface area contributed by atoms with Crippen molar-refractivity contribution in [3.05, 3.63) is 78.4 Å². The molecule has 0 amide bonds. The minimum Gasteiger partial charge on any atom is -0.497 e. The predicted octanol–water partition coefficient (Wildman–Crippen LogP) is 4.64. The van der Waals surface area contributed by atoms with Gasteiger partial charge in [0.05, 0.1) is 17.7 Å². The highest BCUT2D eigenvalue weighted by atomic mass is 32.2. The van der Waals surface area contributed by atoms with Gasteiger partial charge in [-0.2, -0.15) is 0 Å². The molecule has 1 atom stereocenters. The number of sulfonamides is 1. The number of fused-ring (bicyclic) bond motifs is 1. The van der Waals surface area contributed by atoms with E-state index in [0.29, 0.717) is 29.4 Å². The van der Waals surface area contributed by atoms with Gasteiger partial charge in [-0.05, 0) is 54.4 Å². The molecule has 1 aliphatic heterocycles. The molecular formula is C24H23NO6S. The quantitative estimate of drug-likeness (QED) is 0.534. The average molecular weight is 454 g/mol. The Bertz CT molecular complexity index is 1230. The minimum absolute atomic E-state index is 0.0460. The number of carboxylic acids is 1. The van der Waals surface area contributed by atoms with Crippen molar-refractivity contribution in [1.29, 1.82) is 0 Å². The largest absolute Gasteiger partial charge is 0.497 e. The fourth-order valence-corrected chi connectivity index (χ4v) is 5.40. The van der Waals surface area contributed by atoms with Crippen LogP contribution in [0.25, 0.3) is 0 Å². The molecule has 0 saturated heterocycles. The van der Waals surface area contributed by atoms with Crippen molar-refractivity contribution < 1.29 is 27.8 Å². The number of nitrogens with zero attached hydrogens (tertiary/aromatic N) is 1. The number of ether oxygens (including phenoxy) is 2. The maximum absolute atomic E-state index is 13.6. The third-order valence-corrected chi connectivity index (χ3v) is 7.18. The highest BCUT2D eigenvalue weighted by molar-refractivity contribution is 7.92. The Balaban J connectivity index is 1.67. The van der Waals surface area contributed by atoms with Gasteiger partial charge < -0.3 is 14.6 Å². The maximum Gasteiger partial charge on any atom is 0.303 e. The van der Waals surface area contributed by atoms with Gasteiger partial charge in [0.15, 0.2) is 0 Å². The molecule has 32 heavy (non-hydrogen) atoms. The van der Waals surface area contributed by atoms with E-state index in [0.717, 1.165) is 5.56 Å². The molecule has 1 heterocycles. The maximum atomic E-state index is 13.6. The van der Waals surface area contributed by atoms with Gasteiger partial charge in [0.1, 0.15) is 17.2 Å². The van der Waals surface area contributed by atoms with Crippen LogP contribution in [-0.4, -0.2) is 33.1 Å². The summed E-state index contributed by atoms with van der Waals surface area (Å²) in [4.78, 5) is 11.2. The van der Waals surface area contributed by atoms with Crippen LogP contribution in [0, 0.1) is 0 Å². The van der Waals surface area contributed by atoms with Gasteiger partial charge in [-0.15, -0.1) is 0 Å². The lowest BCUT2D eigenvalue weighted by molar-refractivity contribution is -0.137. The zero-order chi connectivity index (χ0) is 22.7. The van der Waals surface area contributed by atoms with Gasteiger partial charge in [-0.25, -0.2) is 8.42 Å². The van der Waals surface area contributed by atoms with Crippen LogP contribution in [0.3, 0.4) is 0 Å². The summed E-state index contributed by atoms with van der Waals surface area (Å²) in [5.41, 5.74) is 1.31. The average Bonchev–Trinajstić information content (AvgIpc) is 3.17. The van der Waals surface area contributed by atoms with E-state index in [1.54, 1.807) is 42.5 Å². The lowest BCUT2D eigenvalue weighted by Gasteiger charge is -2.20. The molecule has 7 nitrogen and oxygen atoms in total. The Morgan fingerprint density at radius 1 is 1.00 bits per heavy atom. The second kappa shape index (κ2) is 8.92. The lowest BCUT2D eigenvalue weighted by atomic mass is 9.96. The Kier molecular flexibility index (Phi) is 6.05. The fourth-order valence-electron chi connectivity index (χ4n) is 3.83. The molecule has 1 N–H and O–H groups in total. The van der Waals surface area contributed by atoms with Gasteiger partial charge in [0.2, 0.25) is 0 Å². The first-order chi connectivity index (χ1) is 15.4. The van der Waals surface area contributed by atoms with Crippen molar-refractivity contribution in [2.75, 3.05) is 18.0 Å². The Hall–Kier alpha value is -3.52. The molecule has 0 spiro atoms. The Morgan fingerprint density at radius 2 is 1.75 bits per heavy atom. The SMILES string of the molecule is COc1ccc2c(c1)C(CCC(=O)O)CN2S(=O)(=O)c1cccc(Oc2ccccc2)c1. The van der Waals surface area contributed by atoms with Crippen molar-refractivity contribution in [2.24, 2.45) is 0 Å². The monoisotopic (exact) mass is 453 g/mol. The molecule has 3 aromatic carbocycles. The van der Waals surface area contributed by atoms with Crippen molar-refractivity contribution in [3.63, 3.8) is 0 Å². The summed E-state index contributed by atoms with van der Waals surface area (Å²) in [5.74, 6) is 0.459. The third kappa shape index (κ3) is 4.40. The number of aliphatic carboxylic acids is 1. The van der Waals surface area contributed by atoms with E-state index in [1.165, 1.54) is 23.5 Å². The number of hydrogen-bond acceptors (Lipinski definition) is 5. The molecule has 4 rings (SSSR count). The number of rotatable bonds is 8. The molecule has 0 fully saturated rings. The van der Waals surface area contributed by atoms with Crippen LogP contribution in [0.5, 0.6) is 17.2 Å². The molecule has 8 heteroatoms. The van der Waals surface area contributed by atoms with Crippen molar-refractivity contribution >= 4 is 21.7 Å². The molecule has 0 saturated carbocycles. The van der Waals surface area contributed by atoms with Crippen LogP contribution < -0.4 is 13.8 Å². The lowest BCUT2D eigenvalue weighted by Crippen LogP contribution is -2.30. The van der Waals surface area contributed by atoms with Gasteiger partial charge >= 0.3 is 5.97 Å². The van der Waals surface area contributed by atoms with E-state index in [2.05, 4.69) is 0 Å². The van der Waals surface area contributed by atoms with E-state index in [-0.39, 0.29) is 23.8 Å². The zero-order valence-corrected chi connectivity index (χ0v) is 18.3. The van der Waals surface area contributed by atoms with Gasteiger partial charge in [-0.1, -0.05) is 24.3 Å². The molecule has 1 aliphatic rings. The summed E-state index contributed by atoms with van der Waals surface area (Å²) >= 11 is 0. The molecule has 0 bridgehead atoms. The van der Waals surface area contributed by atoms with Gasteiger partial charge in [-0.3, -0.25) is 9.10 Å². The van der Waals surface area contributed by atoms with Crippen LogP contribution in [0.4, 0.5) is 5.69 Å². The molecule has 3 aromatic rings. The van der Waals surface area contributed by atoms with E-state index in [9.17, 15) is 13.2 Å². The number of para-hydroxylation sites is 1. The Labute approximate surface area is 186 Å². The van der Waals surface area contributed by atoms with Crippen molar-refractivity contribution in [2.45, 2.75) is 23.7 Å². The summed E-state index contributed by atoms with van der Waals surface area (Å²) in [7, 11) is -2.36. The summed E-state index contributed by atoms with van der Waals surface area (Å²) < 4.78 is 39.6. The van der Waals surface area contributed by atoms with E-state index < -0.39 is 16.0 Å². The smallest absolute Gasteiger partial charge is 0.303 e. The van der Waals surface area contributed by atoms with E-state index in [4.69, 9.17) is 14.6 Å². The normalized spacial score (nSPS) is 15.3. The first-order valence-electron chi connectivity index (χ1n) is 10.1. The second-order valence-electron chi connectivity index (χ2n) is 7.48. The standard InChI is InChI=1S/C24H23NO6S/c1-30-19-11-12-23-22(15-19)17(10-13-24(26)27)16-25(23)32(28,29)21-9-5-8-20(14-21)31-18-6-3-2-4-7-18/h2-9,11-12,14-15,17H,10,13,16H2,1H3,(H,26,27). The van der Waals surface area contributed by atoms with Crippen molar-refractivity contribution in [1.82, 2.24) is 0 Å². The van der Waals surface area contributed by atoms with Crippen molar-refractivity contribution in [3.8, 4) is 17.2 Å².